The number of rotatable bonds is 7. The second-order valence-electron chi connectivity index (χ2n) is 5.92. The summed E-state index contributed by atoms with van der Waals surface area (Å²) in [6.07, 6.45) is 0.406. The largest absolute Gasteiger partial charge is 0.494 e. The van der Waals surface area contributed by atoms with Gasteiger partial charge in [0.25, 0.3) is 5.91 Å². The lowest BCUT2D eigenvalue weighted by atomic mass is 10.1. The molecule has 2 N–H and O–H groups in total. The van der Waals surface area contributed by atoms with Crippen molar-refractivity contribution in [3.63, 3.8) is 0 Å². The number of carboxylic acid groups (broad SMARTS) is 1. The maximum absolute atomic E-state index is 12.4. The summed E-state index contributed by atoms with van der Waals surface area (Å²) in [5.41, 5.74) is 1.55. The predicted molar refractivity (Wildman–Crippen MR) is 97.0 cm³/mol. The Bertz CT molecular complexity index is 806. The topological polar surface area (TPSA) is 84.9 Å². The minimum Gasteiger partial charge on any atom is -0.494 e. The summed E-state index contributed by atoms with van der Waals surface area (Å²) < 4.78 is 11.1. The molecule has 6 nitrogen and oxygen atoms in total. The third-order valence-corrected chi connectivity index (χ3v) is 4.15. The molecule has 0 bridgehead atoms. The van der Waals surface area contributed by atoms with Crippen molar-refractivity contribution in [1.82, 2.24) is 0 Å². The molecule has 136 valence electrons. The second kappa shape index (κ2) is 8.10. The molecule has 0 saturated heterocycles. The zero-order valence-electron chi connectivity index (χ0n) is 13.9. The minimum atomic E-state index is -0.842. The van der Waals surface area contributed by atoms with Gasteiger partial charge in [0.2, 0.25) is 0 Å². The van der Waals surface area contributed by atoms with Crippen LogP contribution in [0.5, 0.6) is 11.5 Å². The molecular weight excluding hydrogens is 358 g/mol. The van der Waals surface area contributed by atoms with E-state index < -0.39 is 12.1 Å². The van der Waals surface area contributed by atoms with Crippen molar-refractivity contribution in [1.29, 1.82) is 0 Å². The molecule has 26 heavy (non-hydrogen) atoms. The molecule has 0 radical (unpaired) electrons. The molecule has 0 aliphatic carbocycles. The number of carbonyl (C=O) groups excluding carboxylic acids is 1. The van der Waals surface area contributed by atoms with Gasteiger partial charge in [0.15, 0.2) is 6.10 Å². The van der Waals surface area contributed by atoms with Crippen LogP contribution < -0.4 is 14.8 Å². The zero-order valence-corrected chi connectivity index (χ0v) is 14.7. The van der Waals surface area contributed by atoms with Crippen molar-refractivity contribution in [2.24, 2.45) is 0 Å². The number of hydrogen-bond acceptors (Lipinski definition) is 4. The van der Waals surface area contributed by atoms with Crippen LogP contribution in [0.1, 0.15) is 18.4 Å². The van der Waals surface area contributed by atoms with Crippen LogP contribution in [0.2, 0.25) is 5.02 Å². The van der Waals surface area contributed by atoms with Gasteiger partial charge in [0.1, 0.15) is 11.5 Å². The Balaban J connectivity index is 1.50. The lowest BCUT2D eigenvalue weighted by Gasteiger charge is -2.12. The van der Waals surface area contributed by atoms with Crippen molar-refractivity contribution in [2.45, 2.75) is 25.4 Å². The summed E-state index contributed by atoms with van der Waals surface area (Å²) in [5.74, 6) is 0.227. The number of benzene rings is 2. The van der Waals surface area contributed by atoms with Crippen LogP contribution in [-0.2, 0) is 16.0 Å². The Morgan fingerprint density at radius 1 is 1.23 bits per heavy atom. The smallest absolute Gasteiger partial charge is 0.303 e. The minimum absolute atomic E-state index is 0.0726. The molecular formula is C19H18ClNO5. The maximum Gasteiger partial charge on any atom is 0.303 e. The van der Waals surface area contributed by atoms with Crippen LogP contribution in [0.25, 0.3) is 0 Å². The second-order valence-corrected chi connectivity index (χ2v) is 6.36. The Kier molecular flexibility index (Phi) is 5.63. The first-order valence-electron chi connectivity index (χ1n) is 8.22. The molecule has 1 unspecified atom stereocenters. The highest BCUT2D eigenvalue weighted by atomic mass is 35.5. The molecule has 7 heteroatoms. The summed E-state index contributed by atoms with van der Waals surface area (Å²) in [5, 5.41) is 12.0. The summed E-state index contributed by atoms with van der Waals surface area (Å²) in [6, 6.07) is 12.2. The van der Waals surface area contributed by atoms with E-state index in [9.17, 15) is 9.59 Å². The van der Waals surface area contributed by atoms with Gasteiger partial charge >= 0.3 is 5.97 Å². The highest BCUT2D eigenvalue weighted by Gasteiger charge is 2.29. The highest BCUT2D eigenvalue weighted by molar-refractivity contribution is 6.30. The zero-order chi connectivity index (χ0) is 18.5. The van der Waals surface area contributed by atoms with E-state index in [2.05, 4.69) is 5.32 Å². The van der Waals surface area contributed by atoms with Gasteiger partial charge in [0.05, 0.1) is 6.61 Å². The van der Waals surface area contributed by atoms with Gasteiger partial charge in [-0.15, -0.1) is 0 Å². The summed E-state index contributed by atoms with van der Waals surface area (Å²) in [4.78, 5) is 22.8. The predicted octanol–water partition coefficient (Wildman–Crippen LogP) is 3.53. The number of halogens is 1. The lowest BCUT2D eigenvalue weighted by molar-refractivity contribution is -0.137. The first-order valence-corrected chi connectivity index (χ1v) is 8.59. The average molecular weight is 376 g/mol. The van der Waals surface area contributed by atoms with Gasteiger partial charge in [-0.1, -0.05) is 11.6 Å². The first-order chi connectivity index (χ1) is 12.5. The fourth-order valence-corrected chi connectivity index (χ4v) is 2.83. The van der Waals surface area contributed by atoms with Crippen molar-refractivity contribution >= 4 is 29.2 Å². The Labute approximate surface area is 155 Å². The van der Waals surface area contributed by atoms with E-state index in [-0.39, 0.29) is 12.3 Å². The van der Waals surface area contributed by atoms with Gasteiger partial charge in [-0.05, 0) is 54.4 Å². The van der Waals surface area contributed by atoms with Gasteiger partial charge in [-0.3, -0.25) is 9.59 Å². The SMILES string of the molecule is O=C(O)CCCOc1ccc(NC(=O)C2Cc3cc(Cl)ccc3O2)cc1. The first kappa shape index (κ1) is 18.1. The maximum atomic E-state index is 12.4. The van der Waals surface area contributed by atoms with Gasteiger partial charge in [0, 0.05) is 23.6 Å². The van der Waals surface area contributed by atoms with E-state index in [1.807, 2.05) is 0 Å². The van der Waals surface area contributed by atoms with E-state index in [1.165, 1.54) is 0 Å². The fourth-order valence-electron chi connectivity index (χ4n) is 2.63. The van der Waals surface area contributed by atoms with Crippen LogP contribution in [0, 0.1) is 0 Å². The number of nitrogens with one attached hydrogen (secondary N) is 1. The molecule has 0 fully saturated rings. The normalized spacial score (nSPS) is 15.0. The van der Waals surface area contributed by atoms with E-state index >= 15 is 0 Å². The molecule has 1 aliphatic rings. The van der Waals surface area contributed by atoms with Gasteiger partial charge in [-0.25, -0.2) is 0 Å². The summed E-state index contributed by atoms with van der Waals surface area (Å²) >= 11 is 5.96. The monoisotopic (exact) mass is 375 g/mol. The van der Waals surface area contributed by atoms with Crippen molar-refractivity contribution < 1.29 is 24.2 Å². The van der Waals surface area contributed by atoms with Crippen LogP contribution >= 0.6 is 11.6 Å². The Morgan fingerprint density at radius 3 is 2.73 bits per heavy atom. The third kappa shape index (κ3) is 4.67. The summed E-state index contributed by atoms with van der Waals surface area (Å²) in [6.45, 7) is 0.328. The molecule has 2 aromatic carbocycles. The van der Waals surface area contributed by atoms with Crippen LogP contribution in [-0.4, -0.2) is 29.7 Å². The number of carbonyl (C=O) groups is 2. The number of ether oxygens (including phenoxy) is 2. The van der Waals surface area contributed by atoms with Crippen molar-refractivity contribution in [2.75, 3.05) is 11.9 Å². The molecule has 1 heterocycles. The molecule has 0 aromatic heterocycles. The van der Waals surface area contributed by atoms with Crippen molar-refractivity contribution in [3.8, 4) is 11.5 Å². The van der Waals surface area contributed by atoms with E-state index in [1.54, 1.807) is 42.5 Å². The van der Waals surface area contributed by atoms with E-state index in [4.69, 9.17) is 26.2 Å². The van der Waals surface area contributed by atoms with E-state index in [0.29, 0.717) is 41.7 Å². The van der Waals surface area contributed by atoms with Gasteiger partial charge < -0.3 is 19.9 Å². The quantitative estimate of drug-likeness (QED) is 0.723. The number of fused-ring (bicyclic) bond motifs is 1. The standard InChI is InChI=1S/C19H18ClNO5/c20-13-3-8-16-12(10-13)11-17(26-16)19(24)21-14-4-6-15(7-5-14)25-9-1-2-18(22)23/h3-8,10,17H,1-2,9,11H2,(H,21,24)(H,22,23). The van der Waals surface area contributed by atoms with Crippen LogP contribution in [0.4, 0.5) is 5.69 Å². The third-order valence-electron chi connectivity index (χ3n) is 3.92. The molecule has 2 aromatic rings. The number of carboxylic acids is 1. The van der Waals surface area contributed by atoms with Crippen LogP contribution in [0.15, 0.2) is 42.5 Å². The molecule has 1 atom stereocenters. The number of amides is 1. The number of hydrogen-bond donors (Lipinski definition) is 2. The van der Waals surface area contributed by atoms with Crippen LogP contribution in [0.3, 0.4) is 0 Å². The Hall–Kier alpha value is -2.73. The van der Waals surface area contributed by atoms with E-state index in [0.717, 1.165) is 5.56 Å². The highest BCUT2D eigenvalue weighted by Crippen LogP contribution is 2.31. The molecule has 3 rings (SSSR count). The lowest BCUT2D eigenvalue weighted by Crippen LogP contribution is -2.31. The summed E-state index contributed by atoms with van der Waals surface area (Å²) in [7, 11) is 0. The molecule has 0 spiro atoms. The number of aliphatic carboxylic acids is 1. The van der Waals surface area contributed by atoms with Crippen molar-refractivity contribution in [3.05, 3.63) is 53.1 Å². The average Bonchev–Trinajstić information content (AvgIpc) is 3.03. The molecule has 1 aliphatic heterocycles. The fraction of sp³-hybridized carbons (Fsp3) is 0.263. The Morgan fingerprint density at radius 2 is 2.00 bits per heavy atom. The van der Waals surface area contributed by atoms with Gasteiger partial charge in [-0.2, -0.15) is 0 Å². The molecule has 1 amide bonds. The molecule has 0 saturated carbocycles. The number of anilines is 1.